The molecule has 0 aromatic heterocycles. The van der Waals surface area contributed by atoms with E-state index in [9.17, 15) is 22.4 Å². The molecule has 2 aromatic carbocycles. The zero-order chi connectivity index (χ0) is 12.6. The Morgan fingerprint density at radius 3 is 2.18 bits per heavy atom. The summed E-state index contributed by atoms with van der Waals surface area (Å²) in [4.78, 5) is 9.54. The second-order valence-corrected chi connectivity index (χ2v) is 4.64. The van der Waals surface area contributed by atoms with Crippen molar-refractivity contribution in [2.75, 3.05) is 0 Å². The highest BCUT2D eigenvalue weighted by Crippen LogP contribution is 2.31. The summed E-state index contributed by atoms with van der Waals surface area (Å²) in [6.07, 6.45) is 0. The first-order valence-corrected chi connectivity index (χ1v) is 5.90. The molecule has 0 aliphatic carbocycles. The van der Waals surface area contributed by atoms with E-state index in [2.05, 4.69) is 0 Å². The largest absolute Gasteiger partial charge is 0.332 e. The van der Waals surface area contributed by atoms with Crippen LogP contribution < -0.4 is 0 Å². The molecule has 5 nitrogen and oxygen atoms in total. The maximum Gasteiger partial charge on any atom is 0.332 e. The number of rotatable bonds is 2. The van der Waals surface area contributed by atoms with Crippen molar-refractivity contribution >= 4 is 26.7 Å². The molecule has 0 unspecified atom stereocenters. The Morgan fingerprint density at radius 2 is 1.65 bits per heavy atom. The molecular formula is C10H6FNO4S. The molecule has 17 heavy (non-hydrogen) atoms. The maximum atomic E-state index is 13.0. The van der Waals surface area contributed by atoms with Gasteiger partial charge in [-0.05, 0) is 12.1 Å². The topological polar surface area (TPSA) is 77.3 Å². The van der Waals surface area contributed by atoms with Crippen molar-refractivity contribution < 1.29 is 17.2 Å². The van der Waals surface area contributed by atoms with Crippen LogP contribution in [0.25, 0.3) is 10.8 Å². The fourth-order valence-electron chi connectivity index (χ4n) is 1.63. The first-order chi connectivity index (χ1) is 7.91. The van der Waals surface area contributed by atoms with Crippen LogP contribution >= 0.6 is 0 Å². The summed E-state index contributed by atoms with van der Waals surface area (Å²) in [6.45, 7) is 0. The van der Waals surface area contributed by atoms with Gasteiger partial charge in [0.05, 0.1) is 10.3 Å². The number of fused-ring (bicyclic) bond motifs is 1. The second-order valence-electron chi connectivity index (χ2n) is 3.32. The van der Waals surface area contributed by atoms with E-state index in [0.29, 0.717) is 0 Å². The Kier molecular flexibility index (Phi) is 2.55. The van der Waals surface area contributed by atoms with Gasteiger partial charge >= 0.3 is 10.2 Å². The summed E-state index contributed by atoms with van der Waals surface area (Å²) in [5.41, 5.74) is -0.256. The van der Waals surface area contributed by atoms with Crippen molar-refractivity contribution in [2.24, 2.45) is 0 Å². The molecule has 0 radical (unpaired) electrons. The molecule has 2 rings (SSSR count). The van der Waals surface area contributed by atoms with Crippen LogP contribution in [-0.2, 0) is 10.2 Å². The Hall–Kier alpha value is -2.02. The highest BCUT2D eigenvalue weighted by atomic mass is 32.3. The minimum atomic E-state index is -4.89. The van der Waals surface area contributed by atoms with E-state index in [0.717, 1.165) is 12.1 Å². The van der Waals surface area contributed by atoms with Gasteiger partial charge in [0.2, 0.25) is 0 Å². The van der Waals surface area contributed by atoms with Gasteiger partial charge in [-0.25, -0.2) is 0 Å². The van der Waals surface area contributed by atoms with E-state index in [1.807, 2.05) is 0 Å². The highest BCUT2D eigenvalue weighted by Gasteiger charge is 2.20. The summed E-state index contributed by atoms with van der Waals surface area (Å²) in [7, 11) is -4.89. The van der Waals surface area contributed by atoms with Crippen LogP contribution in [0.1, 0.15) is 0 Å². The summed E-state index contributed by atoms with van der Waals surface area (Å²) < 4.78 is 34.8. The number of hydrogen-bond donors (Lipinski definition) is 0. The van der Waals surface area contributed by atoms with Crippen molar-refractivity contribution in [1.29, 1.82) is 0 Å². The molecule has 0 atom stereocenters. The fourth-order valence-corrected chi connectivity index (χ4v) is 2.30. The minimum Gasteiger partial charge on any atom is -0.258 e. The molecule has 7 heteroatoms. The minimum absolute atomic E-state index is 0.00389. The smallest absolute Gasteiger partial charge is 0.258 e. The van der Waals surface area contributed by atoms with Crippen LogP contribution in [0.5, 0.6) is 0 Å². The molecule has 0 saturated carbocycles. The number of nitro benzene ring substituents is 1. The molecule has 0 heterocycles. The number of non-ortho nitro benzene ring substituents is 1. The number of nitro groups is 1. The lowest BCUT2D eigenvalue weighted by atomic mass is 10.1. The average Bonchev–Trinajstić information content (AvgIpc) is 2.26. The summed E-state index contributed by atoms with van der Waals surface area (Å²) in [6, 6.07) is 7.59. The Balaban J connectivity index is 2.95. The number of nitrogens with zero attached hydrogens (tertiary/aromatic N) is 1. The predicted molar refractivity (Wildman–Crippen MR) is 58.9 cm³/mol. The van der Waals surface area contributed by atoms with Crippen molar-refractivity contribution in [3.8, 4) is 0 Å². The SMILES string of the molecule is O=[N+]([O-])c1ccc(S(=O)(=O)F)c2ccccc12. The molecule has 2 aromatic rings. The summed E-state index contributed by atoms with van der Waals surface area (Å²) >= 11 is 0. The first kappa shape index (κ1) is 11.5. The average molecular weight is 255 g/mol. The summed E-state index contributed by atoms with van der Waals surface area (Å²) in [5, 5.41) is 10.8. The lowest BCUT2D eigenvalue weighted by Gasteiger charge is -2.03. The van der Waals surface area contributed by atoms with Crippen LogP contribution in [0, 0.1) is 10.1 Å². The third-order valence-electron chi connectivity index (χ3n) is 2.32. The molecular weight excluding hydrogens is 249 g/mol. The van der Waals surface area contributed by atoms with E-state index in [4.69, 9.17) is 0 Å². The van der Waals surface area contributed by atoms with Crippen LogP contribution in [0.4, 0.5) is 9.57 Å². The Labute approximate surface area is 95.9 Å². The molecule has 0 saturated heterocycles. The van der Waals surface area contributed by atoms with Crippen LogP contribution in [0.15, 0.2) is 41.3 Å². The van der Waals surface area contributed by atoms with Crippen molar-refractivity contribution in [1.82, 2.24) is 0 Å². The van der Waals surface area contributed by atoms with E-state index in [-0.39, 0.29) is 16.5 Å². The van der Waals surface area contributed by atoms with Gasteiger partial charge in [0.15, 0.2) is 0 Å². The third-order valence-corrected chi connectivity index (χ3v) is 3.20. The number of benzene rings is 2. The van der Waals surface area contributed by atoms with E-state index in [1.165, 1.54) is 24.3 Å². The zero-order valence-electron chi connectivity index (χ0n) is 8.33. The van der Waals surface area contributed by atoms with Gasteiger partial charge < -0.3 is 0 Å². The van der Waals surface area contributed by atoms with Gasteiger partial charge in [0.1, 0.15) is 4.90 Å². The van der Waals surface area contributed by atoms with E-state index in [1.54, 1.807) is 0 Å². The van der Waals surface area contributed by atoms with Crippen LogP contribution in [0.2, 0.25) is 0 Å². The Bertz CT molecular complexity index is 711. The van der Waals surface area contributed by atoms with Crippen LogP contribution in [-0.4, -0.2) is 13.3 Å². The zero-order valence-corrected chi connectivity index (χ0v) is 9.15. The Morgan fingerprint density at radius 1 is 1.06 bits per heavy atom. The van der Waals surface area contributed by atoms with Crippen molar-refractivity contribution in [3.63, 3.8) is 0 Å². The van der Waals surface area contributed by atoms with Gasteiger partial charge in [-0.1, -0.05) is 18.2 Å². The number of hydrogen-bond acceptors (Lipinski definition) is 4. The van der Waals surface area contributed by atoms with Gasteiger partial charge in [0.25, 0.3) is 5.69 Å². The molecule has 0 aliphatic heterocycles. The predicted octanol–water partition coefficient (Wildman–Crippen LogP) is 2.41. The molecule has 88 valence electrons. The lowest BCUT2D eigenvalue weighted by molar-refractivity contribution is -0.383. The summed E-state index contributed by atoms with van der Waals surface area (Å²) in [5.74, 6) is 0. The molecule has 0 spiro atoms. The van der Waals surface area contributed by atoms with Gasteiger partial charge in [-0.15, -0.1) is 3.89 Å². The highest BCUT2D eigenvalue weighted by molar-refractivity contribution is 7.86. The van der Waals surface area contributed by atoms with Gasteiger partial charge in [-0.3, -0.25) is 10.1 Å². The third kappa shape index (κ3) is 1.96. The molecule has 0 aliphatic rings. The normalized spacial score (nSPS) is 11.6. The molecule has 0 bridgehead atoms. The quantitative estimate of drug-likeness (QED) is 0.469. The molecule has 0 fully saturated rings. The molecule has 0 N–H and O–H groups in total. The molecule has 0 amide bonds. The monoisotopic (exact) mass is 255 g/mol. The number of halogens is 1. The van der Waals surface area contributed by atoms with Gasteiger partial charge in [-0.2, -0.15) is 8.42 Å². The standard InChI is InChI=1S/C10H6FNO4S/c11-17(15,16)10-6-5-9(12(13)14)7-3-1-2-4-8(7)10/h1-6H. The van der Waals surface area contributed by atoms with E-state index < -0.39 is 20.0 Å². The fraction of sp³-hybridized carbons (Fsp3) is 0. The van der Waals surface area contributed by atoms with Crippen molar-refractivity contribution in [2.45, 2.75) is 4.90 Å². The maximum absolute atomic E-state index is 13.0. The van der Waals surface area contributed by atoms with E-state index >= 15 is 0 Å². The second kappa shape index (κ2) is 3.77. The van der Waals surface area contributed by atoms with Gasteiger partial charge in [0, 0.05) is 11.5 Å². The lowest BCUT2D eigenvalue weighted by Crippen LogP contribution is -1.96. The first-order valence-electron chi connectivity index (χ1n) is 4.52. The van der Waals surface area contributed by atoms with Crippen LogP contribution in [0.3, 0.4) is 0 Å². The van der Waals surface area contributed by atoms with Crippen molar-refractivity contribution in [3.05, 3.63) is 46.5 Å².